The number of halogens is 4. The van der Waals surface area contributed by atoms with Crippen molar-refractivity contribution in [2.24, 2.45) is 7.05 Å². The lowest BCUT2D eigenvalue weighted by Crippen LogP contribution is -2.52. The van der Waals surface area contributed by atoms with Crippen molar-refractivity contribution in [2.45, 2.75) is 38.0 Å². The summed E-state index contributed by atoms with van der Waals surface area (Å²) in [5.74, 6) is -0.301. The Bertz CT molecular complexity index is 2320. The van der Waals surface area contributed by atoms with Gasteiger partial charge in [-0.15, -0.1) is 0 Å². The maximum Gasteiger partial charge on any atom is 0.394 e. The van der Waals surface area contributed by atoms with Crippen LogP contribution >= 0.6 is 11.6 Å². The second-order valence-electron chi connectivity index (χ2n) is 14.9. The molecule has 1 fully saturated rings. The topological polar surface area (TPSA) is 94.4 Å². The third kappa shape index (κ3) is 7.83. The fourth-order valence-electron chi connectivity index (χ4n) is 8.27. The molecular weight excluding hydrogens is 757 g/mol. The fourth-order valence-corrected chi connectivity index (χ4v) is 8.44. The van der Waals surface area contributed by atoms with E-state index in [0.717, 1.165) is 36.6 Å². The number of amides is 2. The lowest BCUT2D eigenvalue weighted by molar-refractivity contribution is -0.128. The average Bonchev–Trinajstić information content (AvgIpc) is 3.72. The molecule has 5 heterocycles. The van der Waals surface area contributed by atoms with Crippen molar-refractivity contribution in [3.8, 4) is 17.0 Å². The molecule has 3 aromatic carbocycles. The second-order valence-corrected chi connectivity index (χ2v) is 15.3. The Balaban J connectivity index is 1.23. The van der Waals surface area contributed by atoms with Gasteiger partial charge in [0.2, 0.25) is 0 Å². The van der Waals surface area contributed by atoms with Gasteiger partial charge in [0.1, 0.15) is 11.6 Å². The minimum Gasteiger partial charge on any atom is -0.508 e. The maximum atomic E-state index is 14.9. The number of morpholine rings is 1. The van der Waals surface area contributed by atoms with Crippen LogP contribution in [-0.2, 0) is 37.6 Å². The molecule has 8 rings (SSSR count). The summed E-state index contributed by atoms with van der Waals surface area (Å²) in [7, 11) is 3.39. The Morgan fingerprint density at radius 3 is 2.39 bits per heavy atom. The molecule has 10 nitrogen and oxygen atoms in total. The summed E-state index contributed by atoms with van der Waals surface area (Å²) in [6.45, 7) is 4.42. The number of likely N-dealkylation sites (N-methyl/N-ethyl adjacent to an activating group) is 1. The summed E-state index contributed by atoms with van der Waals surface area (Å²) in [5.41, 5.74) is 4.08. The number of hydrogen-bond acceptors (Lipinski definition) is 7. The third-order valence-corrected chi connectivity index (χ3v) is 11.4. The number of phenols is 1. The quantitative estimate of drug-likeness (QED) is 0.175. The van der Waals surface area contributed by atoms with Gasteiger partial charge in [0.25, 0.3) is 11.8 Å². The summed E-state index contributed by atoms with van der Waals surface area (Å²) >= 11 is 6.59. The van der Waals surface area contributed by atoms with E-state index in [0.29, 0.717) is 56.1 Å². The molecule has 0 aliphatic carbocycles. The first kappa shape index (κ1) is 38.5. The Kier molecular flexibility index (Phi) is 10.5. The van der Waals surface area contributed by atoms with Crippen LogP contribution in [0.15, 0.2) is 85.1 Å². The van der Waals surface area contributed by atoms with Crippen molar-refractivity contribution in [2.75, 3.05) is 56.2 Å². The number of pyridine rings is 1. The number of fused-ring (bicyclic) bond motifs is 2. The van der Waals surface area contributed by atoms with E-state index in [9.17, 15) is 27.9 Å². The fraction of sp³-hybridized carbons (Fsp3) is 0.326. The molecule has 2 amide bonds. The van der Waals surface area contributed by atoms with Crippen molar-refractivity contribution in [3.63, 3.8) is 0 Å². The van der Waals surface area contributed by atoms with Crippen molar-refractivity contribution in [1.29, 1.82) is 0 Å². The van der Waals surface area contributed by atoms with E-state index in [1.807, 2.05) is 41.1 Å². The van der Waals surface area contributed by atoms with Crippen LogP contribution in [0.5, 0.6) is 5.75 Å². The highest BCUT2D eigenvalue weighted by Gasteiger charge is 2.37. The highest BCUT2D eigenvalue weighted by molar-refractivity contribution is 6.31. The van der Waals surface area contributed by atoms with Crippen LogP contribution in [0.4, 0.5) is 30.4 Å². The molecule has 0 bridgehead atoms. The van der Waals surface area contributed by atoms with E-state index in [1.54, 1.807) is 18.2 Å². The van der Waals surface area contributed by atoms with Crippen molar-refractivity contribution < 1.29 is 32.6 Å². The lowest BCUT2D eigenvalue weighted by atomic mass is 9.92. The second kappa shape index (κ2) is 15.5. The number of aromatic hydroxyl groups is 1. The largest absolute Gasteiger partial charge is 0.508 e. The SMILES string of the molecule is CN1CCc2cc(N(C(=O)c3cc(-c4cc(Cl)ccc4C(=O)N4Cc5ccccc5C[C@H]4CN4CCOCC4)n(C)c3CC(F)(F)F)c3ccc(O)cc3)cnc21. The van der Waals surface area contributed by atoms with Gasteiger partial charge in [-0.1, -0.05) is 35.9 Å². The number of benzene rings is 3. The molecule has 2 aromatic heterocycles. The van der Waals surface area contributed by atoms with Gasteiger partial charge < -0.3 is 24.2 Å². The zero-order valence-corrected chi connectivity index (χ0v) is 32.4. The molecular formula is C43H42ClF3N6O4. The highest BCUT2D eigenvalue weighted by Crippen LogP contribution is 2.39. The van der Waals surface area contributed by atoms with Gasteiger partial charge in [0.05, 0.1) is 37.1 Å². The molecule has 296 valence electrons. The Labute approximate surface area is 333 Å². The van der Waals surface area contributed by atoms with Gasteiger partial charge >= 0.3 is 6.18 Å². The average molecular weight is 799 g/mol. The van der Waals surface area contributed by atoms with Crippen molar-refractivity contribution >= 4 is 40.6 Å². The number of nitrogens with zero attached hydrogens (tertiary/aromatic N) is 6. The molecule has 0 radical (unpaired) electrons. The van der Waals surface area contributed by atoms with Crippen molar-refractivity contribution in [3.05, 3.63) is 124 Å². The summed E-state index contributed by atoms with van der Waals surface area (Å²) in [6.07, 6.45) is -3.24. The third-order valence-electron chi connectivity index (χ3n) is 11.2. The Morgan fingerprint density at radius 2 is 1.65 bits per heavy atom. The predicted octanol–water partition coefficient (Wildman–Crippen LogP) is 7.42. The number of carbonyl (C=O) groups excluding carboxylic acids is 2. The molecule has 14 heteroatoms. The minimum atomic E-state index is -4.68. The van der Waals surface area contributed by atoms with Gasteiger partial charge in [0.15, 0.2) is 0 Å². The van der Waals surface area contributed by atoms with E-state index < -0.39 is 18.5 Å². The van der Waals surface area contributed by atoms with Crippen LogP contribution in [0.1, 0.15) is 43.1 Å². The van der Waals surface area contributed by atoms with Gasteiger partial charge in [0, 0.05) is 86.1 Å². The maximum absolute atomic E-state index is 14.9. The molecule has 57 heavy (non-hydrogen) atoms. The Morgan fingerprint density at radius 1 is 0.912 bits per heavy atom. The predicted molar refractivity (Wildman–Crippen MR) is 212 cm³/mol. The number of hydrogen-bond donors (Lipinski definition) is 1. The molecule has 1 N–H and O–H groups in total. The summed E-state index contributed by atoms with van der Waals surface area (Å²) in [4.78, 5) is 41.9. The zero-order valence-electron chi connectivity index (χ0n) is 31.6. The molecule has 1 atom stereocenters. The molecule has 3 aliphatic rings. The number of alkyl halides is 3. The molecule has 0 saturated carbocycles. The van der Waals surface area contributed by atoms with Crippen LogP contribution in [0.3, 0.4) is 0 Å². The van der Waals surface area contributed by atoms with Gasteiger partial charge in [-0.25, -0.2) is 4.98 Å². The molecule has 5 aromatic rings. The highest BCUT2D eigenvalue weighted by atomic mass is 35.5. The smallest absolute Gasteiger partial charge is 0.394 e. The summed E-state index contributed by atoms with van der Waals surface area (Å²) < 4.78 is 50.3. The minimum absolute atomic E-state index is 0.0397. The first-order chi connectivity index (χ1) is 27.3. The number of phenolic OH excluding ortho intramolecular Hbond substituents is 1. The van der Waals surface area contributed by atoms with E-state index in [1.165, 1.54) is 58.6 Å². The number of ether oxygens (including phenoxy) is 1. The number of anilines is 3. The molecule has 3 aliphatic heterocycles. The van der Waals surface area contributed by atoms with Gasteiger partial charge in [-0.3, -0.25) is 19.4 Å². The molecule has 1 saturated heterocycles. The van der Waals surface area contributed by atoms with Gasteiger partial charge in [-0.2, -0.15) is 13.2 Å². The standard InChI is InChI=1S/C43H42ClF3N6O4/c1-49-14-13-28-20-32(24-48-40(28)49)53(31-8-10-34(54)11-9-31)42(56)37-22-38(50(2)39(37)23-43(45,46)47)36-21-30(44)7-12-35(36)41(55)52-25-29-6-4-3-5-27(29)19-33(52)26-51-15-17-57-18-16-51/h3-12,20-22,24,33,54H,13-19,23,25-26H2,1-2H3/t33-/m0/s1. The van der Waals surface area contributed by atoms with Crippen LogP contribution < -0.4 is 9.80 Å². The van der Waals surface area contributed by atoms with Gasteiger partial charge in [-0.05, 0) is 84.1 Å². The van der Waals surface area contributed by atoms with Crippen LogP contribution in [0.2, 0.25) is 5.02 Å². The van der Waals surface area contributed by atoms with E-state index in [2.05, 4.69) is 16.0 Å². The summed E-state index contributed by atoms with van der Waals surface area (Å²) in [6, 6.07) is 21.8. The monoisotopic (exact) mass is 798 g/mol. The first-order valence-corrected chi connectivity index (χ1v) is 19.3. The molecule has 0 unspecified atom stereocenters. The van der Waals surface area contributed by atoms with Crippen LogP contribution in [-0.4, -0.2) is 94.9 Å². The normalized spacial score (nSPS) is 17.1. The number of rotatable bonds is 8. The van der Waals surface area contributed by atoms with E-state index in [4.69, 9.17) is 16.3 Å². The number of carbonyl (C=O) groups is 2. The van der Waals surface area contributed by atoms with E-state index >= 15 is 0 Å². The summed E-state index contributed by atoms with van der Waals surface area (Å²) in [5, 5.41) is 10.4. The molecule has 0 spiro atoms. The van der Waals surface area contributed by atoms with Crippen LogP contribution in [0.25, 0.3) is 11.3 Å². The number of aromatic nitrogens is 2. The Hall–Kier alpha value is -5.37. The first-order valence-electron chi connectivity index (χ1n) is 18.9. The lowest BCUT2D eigenvalue weighted by Gasteiger charge is -2.40. The van der Waals surface area contributed by atoms with Crippen molar-refractivity contribution in [1.82, 2.24) is 19.4 Å². The van der Waals surface area contributed by atoms with E-state index in [-0.39, 0.29) is 45.2 Å². The zero-order chi connectivity index (χ0) is 40.0. The van der Waals surface area contributed by atoms with Crippen LogP contribution in [0, 0.1) is 0 Å².